The first-order valence-corrected chi connectivity index (χ1v) is 8.28. The lowest BCUT2D eigenvalue weighted by molar-refractivity contribution is 0.392. The number of hydrogen-bond donors (Lipinski definition) is 0. The summed E-state index contributed by atoms with van der Waals surface area (Å²) in [4.78, 5) is 4.76. The number of imidazole rings is 1. The average molecular weight is 309 g/mol. The highest BCUT2D eigenvalue weighted by molar-refractivity contribution is 6.35. The minimum Gasteiger partial charge on any atom is -0.322 e. The molecule has 2 aromatic rings. The summed E-state index contributed by atoms with van der Waals surface area (Å²) in [6.45, 7) is 2.00. The third-order valence-electron chi connectivity index (χ3n) is 4.55. The Morgan fingerprint density at radius 2 is 1.85 bits per heavy atom. The molecule has 20 heavy (non-hydrogen) atoms. The Bertz CT molecular complexity index is 642. The van der Waals surface area contributed by atoms with Gasteiger partial charge in [-0.1, -0.05) is 17.7 Å². The predicted octanol–water partition coefficient (Wildman–Crippen LogP) is 5.35. The van der Waals surface area contributed by atoms with Crippen molar-refractivity contribution in [3.63, 3.8) is 0 Å². The number of para-hydroxylation sites is 1. The van der Waals surface area contributed by atoms with Crippen molar-refractivity contribution < 1.29 is 0 Å². The van der Waals surface area contributed by atoms with Crippen LogP contribution in [0.25, 0.3) is 11.0 Å². The lowest BCUT2D eigenvalue weighted by Crippen LogP contribution is -2.17. The number of hydrogen-bond acceptors (Lipinski definition) is 1. The van der Waals surface area contributed by atoms with Crippen LogP contribution < -0.4 is 0 Å². The molecule has 1 atom stereocenters. The Balaban J connectivity index is 1.96. The van der Waals surface area contributed by atoms with Crippen LogP contribution in [-0.4, -0.2) is 9.55 Å². The van der Waals surface area contributed by atoms with Gasteiger partial charge in [0.1, 0.15) is 5.82 Å². The molecule has 106 valence electrons. The fourth-order valence-electron chi connectivity index (χ4n) is 3.39. The fourth-order valence-corrected chi connectivity index (χ4v) is 3.80. The first-order valence-electron chi connectivity index (χ1n) is 7.47. The molecule has 2 nitrogen and oxygen atoms in total. The van der Waals surface area contributed by atoms with Gasteiger partial charge in [0.25, 0.3) is 0 Å². The highest BCUT2D eigenvalue weighted by Gasteiger charge is 2.44. The van der Waals surface area contributed by atoms with Crippen LogP contribution in [-0.2, 0) is 0 Å². The van der Waals surface area contributed by atoms with E-state index in [1.54, 1.807) is 0 Å². The zero-order valence-corrected chi connectivity index (χ0v) is 13.0. The molecule has 2 aliphatic carbocycles. The van der Waals surface area contributed by atoms with Crippen LogP contribution in [0.2, 0.25) is 5.02 Å². The molecule has 2 aliphatic rings. The zero-order chi connectivity index (χ0) is 13.9. The standard InChI is InChI=1S/C16H18Cl2N2/c1-9(17)16-19-13-4-2-3-12(18)15(13)20(16)14(10-5-6-10)11-7-8-11/h2-4,9-11,14H,5-8H2,1H3. The minimum absolute atomic E-state index is 0.0848. The smallest absolute Gasteiger partial charge is 0.128 e. The molecule has 1 aromatic heterocycles. The fraction of sp³-hybridized carbons (Fsp3) is 0.562. The average Bonchev–Trinajstić information content (AvgIpc) is 3.29. The van der Waals surface area contributed by atoms with Crippen LogP contribution >= 0.6 is 23.2 Å². The van der Waals surface area contributed by atoms with Gasteiger partial charge in [-0.15, -0.1) is 11.6 Å². The molecule has 1 aromatic carbocycles. The Morgan fingerprint density at radius 3 is 2.40 bits per heavy atom. The number of rotatable bonds is 4. The van der Waals surface area contributed by atoms with Gasteiger partial charge < -0.3 is 4.57 Å². The van der Waals surface area contributed by atoms with Gasteiger partial charge in [-0.25, -0.2) is 4.98 Å². The van der Waals surface area contributed by atoms with E-state index in [-0.39, 0.29) is 5.38 Å². The van der Waals surface area contributed by atoms with Crippen LogP contribution in [0.4, 0.5) is 0 Å². The van der Waals surface area contributed by atoms with Crippen molar-refractivity contribution in [1.82, 2.24) is 9.55 Å². The first kappa shape index (κ1) is 13.0. The largest absolute Gasteiger partial charge is 0.322 e. The third kappa shape index (κ3) is 2.05. The van der Waals surface area contributed by atoms with E-state index in [0.29, 0.717) is 6.04 Å². The molecule has 0 spiro atoms. The topological polar surface area (TPSA) is 17.8 Å². The van der Waals surface area contributed by atoms with Crippen molar-refractivity contribution in [2.75, 3.05) is 0 Å². The second-order valence-corrected chi connectivity index (χ2v) is 7.29. The summed E-state index contributed by atoms with van der Waals surface area (Å²) in [5, 5.41) is 0.711. The lowest BCUT2D eigenvalue weighted by Gasteiger charge is -2.22. The molecule has 0 amide bonds. The maximum absolute atomic E-state index is 6.47. The van der Waals surface area contributed by atoms with Gasteiger partial charge in [-0.2, -0.15) is 0 Å². The molecule has 0 bridgehead atoms. The second kappa shape index (κ2) is 4.64. The SMILES string of the molecule is CC(Cl)c1nc2cccc(Cl)c2n1C(C1CC1)C1CC1. The number of fused-ring (bicyclic) bond motifs is 1. The number of benzene rings is 1. The molecule has 1 unspecified atom stereocenters. The monoisotopic (exact) mass is 308 g/mol. The normalized spacial score (nSPS) is 20.8. The number of halogens is 2. The number of nitrogens with zero attached hydrogens (tertiary/aromatic N) is 2. The maximum Gasteiger partial charge on any atom is 0.128 e. The van der Waals surface area contributed by atoms with E-state index < -0.39 is 0 Å². The Kier molecular flexibility index (Phi) is 3.01. The van der Waals surface area contributed by atoms with Crippen molar-refractivity contribution in [2.45, 2.75) is 44.0 Å². The highest BCUT2D eigenvalue weighted by atomic mass is 35.5. The summed E-state index contributed by atoms with van der Waals surface area (Å²) in [5.74, 6) is 2.58. The maximum atomic E-state index is 6.47. The van der Waals surface area contributed by atoms with Gasteiger partial charge in [0, 0.05) is 6.04 Å². The quantitative estimate of drug-likeness (QED) is 0.696. The van der Waals surface area contributed by atoms with E-state index in [1.807, 2.05) is 25.1 Å². The Labute approximate surface area is 129 Å². The van der Waals surface area contributed by atoms with Crippen molar-refractivity contribution in [3.8, 4) is 0 Å². The summed E-state index contributed by atoms with van der Waals surface area (Å²) in [6, 6.07) is 6.52. The van der Waals surface area contributed by atoms with Crippen LogP contribution in [0.3, 0.4) is 0 Å². The van der Waals surface area contributed by atoms with Crippen molar-refractivity contribution in [3.05, 3.63) is 29.0 Å². The molecule has 0 aliphatic heterocycles. The highest BCUT2D eigenvalue weighted by Crippen LogP contribution is 2.54. The molecule has 4 heteroatoms. The Hall–Kier alpha value is -0.730. The van der Waals surface area contributed by atoms with E-state index in [1.165, 1.54) is 25.7 Å². The van der Waals surface area contributed by atoms with E-state index in [2.05, 4.69) is 4.57 Å². The molecule has 4 rings (SSSR count). The summed E-state index contributed by atoms with van der Waals surface area (Å²) >= 11 is 12.9. The second-order valence-electron chi connectivity index (χ2n) is 6.23. The van der Waals surface area contributed by atoms with E-state index in [9.17, 15) is 0 Å². The zero-order valence-electron chi connectivity index (χ0n) is 11.5. The van der Waals surface area contributed by atoms with Gasteiger partial charge in [0.05, 0.1) is 21.4 Å². The molecule has 0 radical (unpaired) electrons. The number of aromatic nitrogens is 2. The molecule has 0 N–H and O–H groups in total. The van der Waals surface area contributed by atoms with E-state index >= 15 is 0 Å². The molecule has 1 heterocycles. The van der Waals surface area contributed by atoms with Gasteiger partial charge in [0.15, 0.2) is 0 Å². The van der Waals surface area contributed by atoms with Crippen LogP contribution in [0.1, 0.15) is 49.9 Å². The van der Waals surface area contributed by atoms with Crippen LogP contribution in [0.5, 0.6) is 0 Å². The summed E-state index contributed by atoms with van der Waals surface area (Å²) < 4.78 is 2.38. The van der Waals surface area contributed by atoms with E-state index in [4.69, 9.17) is 28.2 Å². The van der Waals surface area contributed by atoms with Crippen molar-refractivity contribution >= 4 is 34.2 Å². The Morgan fingerprint density at radius 1 is 1.20 bits per heavy atom. The molecule has 2 saturated carbocycles. The predicted molar refractivity (Wildman–Crippen MR) is 83.5 cm³/mol. The van der Waals surface area contributed by atoms with Gasteiger partial charge in [0.2, 0.25) is 0 Å². The van der Waals surface area contributed by atoms with Crippen molar-refractivity contribution in [2.24, 2.45) is 11.8 Å². The molecule has 0 saturated heterocycles. The third-order valence-corrected chi connectivity index (χ3v) is 5.05. The van der Waals surface area contributed by atoms with Crippen LogP contribution in [0, 0.1) is 11.8 Å². The summed E-state index contributed by atoms with van der Waals surface area (Å²) in [5.41, 5.74) is 2.06. The molecular formula is C16H18Cl2N2. The summed E-state index contributed by atoms with van der Waals surface area (Å²) in [7, 11) is 0. The van der Waals surface area contributed by atoms with Gasteiger partial charge in [-0.3, -0.25) is 0 Å². The van der Waals surface area contributed by atoms with Crippen molar-refractivity contribution in [1.29, 1.82) is 0 Å². The summed E-state index contributed by atoms with van der Waals surface area (Å²) in [6.07, 6.45) is 5.34. The lowest BCUT2D eigenvalue weighted by atomic mass is 10.1. The molecule has 2 fully saturated rings. The first-order chi connectivity index (χ1) is 9.66. The van der Waals surface area contributed by atoms with Gasteiger partial charge in [-0.05, 0) is 56.6 Å². The molecular weight excluding hydrogens is 291 g/mol. The minimum atomic E-state index is -0.0848. The van der Waals surface area contributed by atoms with Crippen LogP contribution in [0.15, 0.2) is 18.2 Å². The van der Waals surface area contributed by atoms with Gasteiger partial charge >= 0.3 is 0 Å². The number of alkyl halides is 1. The van der Waals surface area contributed by atoms with E-state index in [0.717, 1.165) is 33.7 Å².